The van der Waals surface area contributed by atoms with Gasteiger partial charge in [-0.15, -0.1) is 0 Å². The van der Waals surface area contributed by atoms with Gasteiger partial charge in [-0.25, -0.2) is 0 Å². The number of rotatable bonds is 1. The third kappa shape index (κ3) is 1.58. The molecular weight excluding hydrogens is 290 g/mol. The molecule has 7 rings (SSSR count). The average Bonchev–Trinajstić information content (AvgIpc) is 3.17. The Morgan fingerprint density at radius 2 is 1.96 bits per heavy atom. The minimum absolute atomic E-state index is 0.304. The highest BCUT2D eigenvalue weighted by Crippen LogP contribution is 2.51. The largest absolute Gasteiger partial charge is 0.453 e. The van der Waals surface area contributed by atoms with E-state index in [9.17, 15) is 0 Å². The maximum atomic E-state index is 6.07. The van der Waals surface area contributed by atoms with Crippen LogP contribution in [0.3, 0.4) is 0 Å². The lowest BCUT2D eigenvalue weighted by Crippen LogP contribution is -2.71. The van der Waals surface area contributed by atoms with E-state index in [4.69, 9.17) is 9.25 Å². The van der Waals surface area contributed by atoms with Gasteiger partial charge in [0.05, 0.1) is 0 Å². The quantitative estimate of drug-likeness (QED) is 0.879. The van der Waals surface area contributed by atoms with Crippen LogP contribution >= 0.6 is 0 Å². The van der Waals surface area contributed by atoms with E-state index in [1.165, 1.54) is 19.4 Å². The Morgan fingerprint density at radius 1 is 1.13 bits per heavy atom. The Kier molecular flexibility index (Phi) is 2.21. The molecule has 118 valence electrons. The summed E-state index contributed by atoms with van der Waals surface area (Å²) >= 11 is 0. The molecule has 2 aromatic rings. The molecule has 2 atom stereocenters. The summed E-state index contributed by atoms with van der Waals surface area (Å²) in [5.74, 6) is 3.43. The van der Waals surface area contributed by atoms with Gasteiger partial charge in [-0.3, -0.25) is 0 Å². The molecule has 1 aliphatic carbocycles. The molecule has 1 saturated carbocycles. The Balaban J connectivity index is 1.35. The number of nitrogens with one attached hydrogen (secondary N) is 1. The molecule has 5 heteroatoms. The van der Waals surface area contributed by atoms with E-state index in [0.717, 1.165) is 41.6 Å². The molecule has 4 fully saturated rings. The fourth-order valence-electron chi connectivity index (χ4n) is 5.28. The summed E-state index contributed by atoms with van der Waals surface area (Å²) in [5.41, 5.74) is 0.589. The zero-order valence-electron chi connectivity index (χ0n) is 12.9. The molecular formula is C18H19N3O2. The third-order valence-corrected chi connectivity index (χ3v) is 6.18. The Bertz CT molecular complexity index is 764. The number of fused-ring (bicyclic) bond motifs is 1. The molecule has 2 unspecified atom stereocenters. The first kappa shape index (κ1) is 12.4. The van der Waals surface area contributed by atoms with Gasteiger partial charge >= 0.3 is 0 Å². The van der Waals surface area contributed by atoms with Crippen LogP contribution in [0.5, 0.6) is 0 Å². The third-order valence-electron chi connectivity index (χ3n) is 6.18. The lowest BCUT2D eigenvalue weighted by Gasteiger charge is -2.58. The number of nitrogens with zero attached hydrogens (tertiary/aromatic N) is 2. The Hall–Kier alpha value is -2.01. The number of amidine groups is 1. The van der Waals surface area contributed by atoms with Gasteiger partial charge in [-0.05, 0) is 30.9 Å². The molecule has 1 aromatic heterocycles. The van der Waals surface area contributed by atoms with Crippen LogP contribution in [0.15, 0.2) is 39.9 Å². The summed E-state index contributed by atoms with van der Waals surface area (Å²) in [6.45, 7) is 3.53. The van der Waals surface area contributed by atoms with Gasteiger partial charge in [0.25, 0.3) is 0 Å². The lowest BCUT2D eigenvalue weighted by atomic mass is 9.63. The minimum atomic E-state index is -0.304. The van der Waals surface area contributed by atoms with Crippen molar-refractivity contribution in [3.63, 3.8) is 0 Å². The molecule has 5 nitrogen and oxygen atoms in total. The van der Waals surface area contributed by atoms with Crippen molar-refractivity contribution in [1.82, 2.24) is 10.2 Å². The van der Waals surface area contributed by atoms with Gasteiger partial charge < -0.3 is 19.5 Å². The molecule has 5 heterocycles. The van der Waals surface area contributed by atoms with E-state index < -0.39 is 0 Å². The van der Waals surface area contributed by atoms with Crippen LogP contribution in [0.25, 0.3) is 11.0 Å². The van der Waals surface area contributed by atoms with E-state index in [-0.39, 0.29) is 5.72 Å². The maximum Gasteiger partial charge on any atom is 0.217 e. The van der Waals surface area contributed by atoms with E-state index in [2.05, 4.69) is 21.4 Å². The summed E-state index contributed by atoms with van der Waals surface area (Å²) in [7, 11) is 0. The second-order valence-electron chi connectivity index (χ2n) is 7.55. The second kappa shape index (κ2) is 4.09. The zero-order valence-corrected chi connectivity index (χ0v) is 12.9. The molecule has 1 spiro atoms. The predicted molar refractivity (Wildman–Crippen MR) is 85.8 cm³/mol. The normalized spacial score (nSPS) is 40.4. The Morgan fingerprint density at radius 3 is 2.74 bits per heavy atom. The molecule has 3 saturated heterocycles. The molecule has 4 aliphatic heterocycles. The SMILES string of the molecule is c1ccc2oc(C3=NOC4(N3)C3CC5CC4CN(C5)C3)cc2c1. The van der Waals surface area contributed by atoms with Crippen molar-refractivity contribution in [2.45, 2.75) is 18.6 Å². The Labute approximate surface area is 134 Å². The lowest BCUT2D eigenvalue weighted by molar-refractivity contribution is -0.209. The van der Waals surface area contributed by atoms with E-state index in [1.807, 2.05) is 24.3 Å². The second-order valence-corrected chi connectivity index (χ2v) is 7.55. The van der Waals surface area contributed by atoms with Crippen LogP contribution in [0.1, 0.15) is 18.6 Å². The molecule has 4 bridgehead atoms. The summed E-state index contributed by atoms with van der Waals surface area (Å²) in [4.78, 5) is 8.67. The van der Waals surface area contributed by atoms with Gasteiger partial charge in [-0.1, -0.05) is 23.4 Å². The van der Waals surface area contributed by atoms with Crippen LogP contribution in [-0.4, -0.2) is 36.1 Å². The van der Waals surface area contributed by atoms with Crippen LogP contribution in [0.4, 0.5) is 0 Å². The number of benzene rings is 1. The summed E-state index contributed by atoms with van der Waals surface area (Å²) in [5, 5.41) is 9.13. The number of para-hydroxylation sites is 1. The summed E-state index contributed by atoms with van der Waals surface area (Å²) < 4.78 is 5.95. The van der Waals surface area contributed by atoms with Crippen LogP contribution in [0.2, 0.25) is 0 Å². The number of hydrogen-bond donors (Lipinski definition) is 1. The average molecular weight is 309 g/mol. The van der Waals surface area contributed by atoms with Crippen molar-refractivity contribution < 1.29 is 9.25 Å². The summed E-state index contributed by atoms with van der Waals surface area (Å²) in [6, 6.07) is 10.1. The van der Waals surface area contributed by atoms with E-state index in [0.29, 0.717) is 11.8 Å². The first-order valence-corrected chi connectivity index (χ1v) is 8.56. The van der Waals surface area contributed by atoms with Crippen molar-refractivity contribution in [3.05, 3.63) is 36.1 Å². The van der Waals surface area contributed by atoms with Gasteiger partial charge in [0, 0.05) is 36.9 Å². The molecule has 5 aliphatic rings. The number of piperidine rings is 3. The van der Waals surface area contributed by atoms with Crippen LogP contribution in [-0.2, 0) is 4.84 Å². The fraction of sp³-hybridized carbons (Fsp3) is 0.500. The maximum absolute atomic E-state index is 6.07. The monoisotopic (exact) mass is 309 g/mol. The van der Waals surface area contributed by atoms with Crippen molar-refractivity contribution in [3.8, 4) is 0 Å². The smallest absolute Gasteiger partial charge is 0.217 e. The highest BCUT2D eigenvalue weighted by molar-refractivity contribution is 6.00. The van der Waals surface area contributed by atoms with Crippen molar-refractivity contribution in [1.29, 1.82) is 0 Å². The van der Waals surface area contributed by atoms with Crippen molar-refractivity contribution in [2.75, 3.05) is 19.6 Å². The van der Waals surface area contributed by atoms with Gasteiger partial charge in [0.2, 0.25) is 11.6 Å². The standard InChI is InChI=1S/C18H19N3O2/c1-2-4-15-12(3-1)7-16(22-15)17-19-18(23-20-17)13-5-11-6-14(18)10-21(8-11)9-13/h1-4,7,11,13-14H,5-6,8-10H2,(H,19,20). The molecule has 0 radical (unpaired) electrons. The van der Waals surface area contributed by atoms with Gasteiger partial charge in [-0.2, -0.15) is 0 Å². The number of oxime groups is 1. The highest BCUT2D eigenvalue weighted by Gasteiger charge is 2.61. The van der Waals surface area contributed by atoms with Crippen LogP contribution in [0, 0.1) is 17.8 Å². The fourth-order valence-corrected chi connectivity index (χ4v) is 5.28. The van der Waals surface area contributed by atoms with Crippen LogP contribution < -0.4 is 5.32 Å². The molecule has 23 heavy (non-hydrogen) atoms. The first-order valence-electron chi connectivity index (χ1n) is 8.56. The highest BCUT2D eigenvalue weighted by atomic mass is 16.7. The predicted octanol–water partition coefficient (Wildman–Crippen LogP) is 2.38. The molecule has 0 amide bonds. The summed E-state index contributed by atoms with van der Waals surface area (Å²) in [6.07, 6.45) is 2.51. The number of hydrogen-bond acceptors (Lipinski definition) is 5. The topological polar surface area (TPSA) is 50.0 Å². The number of furan rings is 1. The minimum Gasteiger partial charge on any atom is -0.453 e. The van der Waals surface area contributed by atoms with Crippen molar-refractivity contribution >= 4 is 16.8 Å². The molecule has 1 aromatic carbocycles. The zero-order chi connectivity index (χ0) is 15.0. The van der Waals surface area contributed by atoms with E-state index in [1.54, 1.807) is 0 Å². The first-order chi connectivity index (χ1) is 11.3. The van der Waals surface area contributed by atoms with E-state index >= 15 is 0 Å². The van der Waals surface area contributed by atoms with Gasteiger partial charge in [0.1, 0.15) is 5.58 Å². The van der Waals surface area contributed by atoms with Gasteiger partial charge in [0.15, 0.2) is 5.76 Å². The van der Waals surface area contributed by atoms with Crippen molar-refractivity contribution in [2.24, 2.45) is 22.9 Å². The molecule has 1 N–H and O–H groups in total.